The van der Waals surface area contributed by atoms with Crippen molar-refractivity contribution in [2.75, 3.05) is 0 Å². The van der Waals surface area contributed by atoms with Crippen molar-refractivity contribution >= 4 is 10.8 Å². The Morgan fingerprint density at radius 2 is 1.50 bits per heavy atom. The number of hydrogen-bond donors (Lipinski definition) is 0. The van der Waals surface area contributed by atoms with Crippen molar-refractivity contribution in [2.45, 2.75) is 51.4 Å². The molecule has 0 aromatic heterocycles. The largest absolute Gasteiger partial charge is 0.207 e. The van der Waals surface area contributed by atoms with E-state index in [1.165, 1.54) is 6.07 Å². The van der Waals surface area contributed by atoms with Crippen LogP contribution >= 0.6 is 0 Å². The molecule has 1 saturated carbocycles. The zero-order chi connectivity index (χ0) is 24.2. The van der Waals surface area contributed by atoms with E-state index >= 15 is 0 Å². The van der Waals surface area contributed by atoms with E-state index < -0.39 is 29.1 Å². The third-order valence-corrected chi connectivity index (χ3v) is 6.65. The molecule has 0 atom stereocenters. The van der Waals surface area contributed by atoms with Crippen LogP contribution in [0.15, 0.2) is 48.6 Å². The summed E-state index contributed by atoms with van der Waals surface area (Å²) in [7, 11) is 0. The Hall–Kier alpha value is -3.13. The molecule has 3 aromatic carbocycles. The van der Waals surface area contributed by atoms with Gasteiger partial charge in [-0.25, -0.2) is 22.0 Å². The van der Waals surface area contributed by atoms with Crippen molar-refractivity contribution in [3.05, 3.63) is 94.3 Å². The molecule has 0 spiro atoms. The molecule has 0 N–H and O–H groups in total. The van der Waals surface area contributed by atoms with Gasteiger partial charge in [0.05, 0.1) is 5.56 Å². The first-order chi connectivity index (χ1) is 16.4. The maximum absolute atomic E-state index is 14.9. The molecule has 0 radical (unpaired) electrons. The fourth-order valence-corrected chi connectivity index (χ4v) is 4.77. The molecule has 4 rings (SSSR count). The summed E-state index contributed by atoms with van der Waals surface area (Å²) in [5.41, 5.74) is -0.165. The third kappa shape index (κ3) is 5.17. The van der Waals surface area contributed by atoms with Crippen LogP contribution in [0.1, 0.15) is 68.1 Å². The first kappa shape index (κ1) is 24.0. The normalized spacial score (nSPS) is 18.3. The molecular weight excluding hydrogens is 443 g/mol. The molecule has 34 heavy (non-hydrogen) atoms. The summed E-state index contributed by atoms with van der Waals surface area (Å²) in [6, 6.07) is 7.69. The maximum atomic E-state index is 14.9. The second-order valence-electron chi connectivity index (χ2n) is 8.89. The minimum atomic E-state index is -1.17. The van der Waals surface area contributed by atoms with Crippen LogP contribution in [-0.2, 0) is 0 Å². The molecule has 1 fully saturated rings. The monoisotopic (exact) mass is 468 g/mol. The van der Waals surface area contributed by atoms with Gasteiger partial charge in [0.1, 0.15) is 5.82 Å². The number of hydrogen-bond acceptors (Lipinski definition) is 0. The zero-order valence-electron chi connectivity index (χ0n) is 18.9. The number of fused-ring (bicyclic) bond motifs is 1. The molecule has 0 unspecified atom stereocenters. The summed E-state index contributed by atoms with van der Waals surface area (Å²) in [4.78, 5) is 0. The number of halogens is 5. The SMILES string of the molecule is C/C=C/CCC1CCC(c2c(F)cc(C#Cc3ccc4cc(F)c(F)cc4c3)c(F)c2F)CC1. The molecule has 5 heteroatoms. The van der Waals surface area contributed by atoms with Crippen LogP contribution in [0, 0.1) is 46.8 Å². The Morgan fingerprint density at radius 1 is 0.794 bits per heavy atom. The van der Waals surface area contributed by atoms with E-state index in [2.05, 4.69) is 17.9 Å². The Labute approximate surface area is 196 Å². The lowest BCUT2D eigenvalue weighted by molar-refractivity contribution is 0.301. The van der Waals surface area contributed by atoms with Gasteiger partial charge in [-0.05, 0) is 98.4 Å². The zero-order valence-corrected chi connectivity index (χ0v) is 18.9. The number of benzene rings is 3. The minimum Gasteiger partial charge on any atom is -0.207 e. The van der Waals surface area contributed by atoms with E-state index in [1.54, 1.807) is 12.1 Å². The van der Waals surface area contributed by atoms with E-state index in [1.807, 2.05) is 13.0 Å². The van der Waals surface area contributed by atoms with Gasteiger partial charge in [0, 0.05) is 11.1 Å². The smallest absolute Gasteiger partial charge is 0.174 e. The summed E-state index contributed by atoms with van der Waals surface area (Å²) < 4.78 is 71.4. The second kappa shape index (κ2) is 10.4. The fraction of sp³-hybridized carbons (Fsp3) is 0.310. The molecule has 0 amide bonds. The van der Waals surface area contributed by atoms with E-state index in [-0.39, 0.29) is 17.0 Å². The van der Waals surface area contributed by atoms with Gasteiger partial charge in [-0.3, -0.25) is 0 Å². The van der Waals surface area contributed by atoms with Crippen molar-refractivity contribution < 1.29 is 22.0 Å². The van der Waals surface area contributed by atoms with Gasteiger partial charge in [-0.2, -0.15) is 0 Å². The Kier molecular flexibility index (Phi) is 7.36. The number of rotatable bonds is 4. The maximum Gasteiger partial charge on any atom is 0.174 e. The number of allylic oxidation sites excluding steroid dienone is 2. The minimum absolute atomic E-state index is 0.182. The summed E-state index contributed by atoms with van der Waals surface area (Å²) in [5.74, 6) is 0.284. The van der Waals surface area contributed by atoms with Gasteiger partial charge in [0.15, 0.2) is 23.3 Å². The molecule has 0 heterocycles. The molecular formula is C29H25F5. The van der Waals surface area contributed by atoms with Crippen molar-refractivity contribution in [2.24, 2.45) is 5.92 Å². The predicted octanol–water partition coefficient (Wildman–Crippen LogP) is 8.57. The van der Waals surface area contributed by atoms with Crippen molar-refractivity contribution in [3.8, 4) is 11.8 Å². The quantitative estimate of drug-likeness (QED) is 0.156. The van der Waals surface area contributed by atoms with Crippen LogP contribution in [0.4, 0.5) is 22.0 Å². The Balaban J connectivity index is 1.54. The van der Waals surface area contributed by atoms with Crippen molar-refractivity contribution in [1.82, 2.24) is 0 Å². The van der Waals surface area contributed by atoms with Crippen molar-refractivity contribution in [1.29, 1.82) is 0 Å². The van der Waals surface area contributed by atoms with Gasteiger partial charge in [0.2, 0.25) is 0 Å². The highest BCUT2D eigenvalue weighted by molar-refractivity contribution is 5.84. The van der Waals surface area contributed by atoms with Crippen LogP contribution < -0.4 is 0 Å². The molecule has 1 aliphatic carbocycles. The van der Waals surface area contributed by atoms with E-state index in [0.717, 1.165) is 43.9 Å². The van der Waals surface area contributed by atoms with E-state index in [9.17, 15) is 22.0 Å². The fourth-order valence-electron chi connectivity index (χ4n) is 4.77. The molecule has 0 nitrogen and oxygen atoms in total. The summed E-state index contributed by atoms with van der Waals surface area (Å²) in [5, 5.41) is 0.897. The average molecular weight is 469 g/mol. The lowest BCUT2D eigenvalue weighted by Crippen LogP contribution is -2.16. The summed E-state index contributed by atoms with van der Waals surface area (Å²) >= 11 is 0. The molecule has 0 bridgehead atoms. The molecule has 176 valence electrons. The molecule has 1 aliphatic rings. The van der Waals surface area contributed by atoms with Gasteiger partial charge < -0.3 is 0 Å². The predicted molar refractivity (Wildman–Crippen MR) is 125 cm³/mol. The van der Waals surface area contributed by atoms with Crippen LogP contribution in [-0.4, -0.2) is 0 Å². The molecule has 0 saturated heterocycles. The Morgan fingerprint density at radius 3 is 2.21 bits per heavy atom. The average Bonchev–Trinajstić information content (AvgIpc) is 2.82. The highest BCUT2D eigenvalue weighted by atomic mass is 19.2. The molecule has 0 aliphatic heterocycles. The van der Waals surface area contributed by atoms with Crippen LogP contribution in [0.5, 0.6) is 0 Å². The van der Waals surface area contributed by atoms with Crippen molar-refractivity contribution in [3.63, 3.8) is 0 Å². The third-order valence-electron chi connectivity index (χ3n) is 6.65. The molecule has 3 aromatic rings. The van der Waals surface area contributed by atoms with Gasteiger partial charge in [-0.15, -0.1) is 0 Å². The van der Waals surface area contributed by atoms with Crippen LogP contribution in [0.25, 0.3) is 10.8 Å². The lowest BCUT2D eigenvalue weighted by atomic mass is 9.76. The van der Waals surface area contributed by atoms with Gasteiger partial charge >= 0.3 is 0 Å². The Bertz CT molecular complexity index is 1290. The second-order valence-corrected chi connectivity index (χ2v) is 8.89. The standard InChI is InChI=1S/C29H25F5/c1-2-3-4-5-18-6-10-20(11-7-18)27-26(32)16-22(28(33)29(27)34)13-9-19-8-12-21-15-24(30)25(31)17-23(21)14-19/h2-3,8,12,14-18,20H,4-7,10-11H2,1H3/b3-2+. The van der Waals surface area contributed by atoms with Crippen LogP contribution in [0.2, 0.25) is 0 Å². The van der Waals surface area contributed by atoms with E-state index in [0.29, 0.717) is 35.1 Å². The first-order valence-electron chi connectivity index (χ1n) is 11.6. The summed E-state index contributed by atoms with van der Waals surface area (Å²) in [6.07, 6.45) is 9.20. The van der Waals surface area contributed by atoms with Gasteiger partial charge in [-0.1, -0.05) is 30.1 Å². The highest BCUT2D eigenvalue weighted by Crippen LogP contribution is 2.40. The van der Waals surface area contributed by atoms with Gasteiger partial charge in [0.25, 0.3) is 0 Å². The van der Waals surface area contributed by atoms with Crippen LogP contribution in [0.3, 0.4) is 0 Å². The lowest BCUT2D eigenvalue weighted by Gasteiger charge is -2.29. The van der Waals surface area contributed by atoms with E-state index in [4.69, 9.17) is 0 Å². The first-order valence-corrected chi connectivity index (χ1v) is 11.6. The highest BCUT2D eigenvalue weighted by Gasteiger charge is 2.29. The summed E-state index contributed by atoms with van der Waals surface area (Å²) in [6.45, 7) is 1.98. The topological polar surface area (TPSA) is 0 Å².